The zero-order valence-corrected chi connectivity index (χ0v) is 12.5. The van der Waals surface area contributed by atoms with E-state index in [2.05, 4.69) is 10.3 Å². The third-order valence-corrected chi connectivity index (χ3v) is 3.85. The van der Waals surface area contributed by atoms with Crippen LogP contribution in [0.5, 0.6) is 5.75 Å². The molecule has 0 fully saturated rings. The summed E-state index contributed by atoms with van der Waals surface area (Å²) >= 11 is 1.47. The molecule has 0 aliphatic rings. The summed E-state index contributed by atoms with van der Waals surface area (Å²) in [4.78, 5) is 17.8. The molecule has 5 nitrogen and oxygen atoms in total. The van der Waals surface area contributed by atoms with E-state index >= 15 is 0 Å². The average molecular weight is 291 g/mol. The predicted molar refractivity (Wildman–Crippen MR) is 81.6 cm³/mol. The number of amides is 1. The first-order valence-corrected chi connectivity index (χ1v) is 7.08. The van der Waals surface area contributed by atoms with E-state index in [1.165, 1.54) is 18.4 Å². The number of ether oxygens (including phenoxy) is 1. The van der Waals surface area contributed by atoms with E-state index in [0.717, 1.165) is 17.0 Å². The maximum Gasteiger partial charge on any atom is 0.261 e. The number of hydrogen-bond donors (Lipinski definition) is 2. The molecule has 0 saturated heterocycles. The molecular weight excluding hydrogens is 274 g/mol. The van der Waals surface area contributed by atoms with Crippen molar-refractivity contribution in [2.45, 2.75) is 20.3 Å². The first kappa shape index (κ1) is 14.3. The van der Waals surface area contributed by atoms with E-state index in [-0.39, 0.29) is 5.91 Å². The molecule has 2 aromatic rings. The second-order valence-electron chi connectivity index (χ2n) is 4.29. The largest absolute Gasteiger partial charge is 0.496 e. The van der Waals surface area contributed by atoms with E-state index in [4.69, 9.17) is 10.5 Å². The summed E-state index contributed by atoms with van der Waals surface area (Å²) in [5.41, 5.74) is 7.67. The van der Waals surface area contributed by atoms with Crippen LogP contribution in [-0.2, 0) is 6.42 Å². The molecule has 0 bridgehead atoms. The summed E-state index contributed by atoms with van der Waals surface area (Å²) in [6, 6.07) is 4.94. The van der Waals surface area contributed by atoms with Crippen molar-refractivity contribution in [3.05, 3.63) is 34.3 Å². The SMILES string of the molecule is CCc1nc(NC(=O)c2ccc(N)cc2OC)sc1C. The number of rotatable bonds is 4. The van der Waals surface area contributed by atoms with Crippen LogP contribution in [0.3, 0.4) is 0 Å². The second kappa shape index (κ2) is 5.92. The summed E-state index contributed by atoms with van der Waals surface area (Å²) in [7, 11) is 1.51. The van der Waals surface area contributed by atoms with Gasteiger partial charge in [0, 0.05) is 16.6 Å². The van der Waals surface area contributed by atoms with Crippen molar-refractivity contribution in [2.75, 3.05) is 18.2 Å². The maximum atomic E-state index is 12.2. The number of aryl methyl sites for hydroxylation is 2. The number of carbonyl (C=O) groups excluding carboxylic acids is 1. The predicted octanol–water partition coefficient (Wildman–Crippen LogP) is 2.86. The smallest absolute Gasteiger partial charge is 0.261 e. The fraction of sp³-hybridized carbons (Fsp3) is 0.286. The Morgan fingerprint density at radius 1 is 1.50 bits per heavy atom. The molecule has 0 saturated carbocycles. The highest BCUT2D eigenvalue weighted by atomic mass is 32.1. The molecule has 106 valence electrons. The first-order valence-electron chi connectivity index (χ1n) is 6.26. The van der Waals surface area contributed by atoms with Crippen LogP contribution in [0, 0.1) is 6.92 Å². The van der Waals surface area contributed by atoms with Crippen LogP contribution >= 0.6 is 11.3 Å². The number of carbonyl (C=O) groups is 1. The molecule has 1 aromatic heterocycles. The zero-order valence-electron chi connectivity index (χ0n) is 11.7. The van der Waals surface area contributed by atoms with Gasteiger partial charge in [-0.25, -0.2) is 4.98 Å². The van der Waals surface area contributed by atoms with Crippen molar-refractivity contribution in [3.63, 3.8) is 0 Å². The van der Waals surface area contributed by atoms with Gasteiger partial charge >= 0.3 is 0 Å². The van der Waals surface area contributed by atoms with Gasteiger partial charge in [0.15, 0.2) is 5.13 Å². The molecule has 0 unspecified atom stereocenters. The van der Waals surface area contributed by atoms with Crippen LogP contribution < -0.4 is 15.8 Å². The van der Waals surface area contributed by atoms with Gasteiger partial charge in [-0.3, -0.25) is 10.1 Å². The van der Waals surface area contributed by atoms with Gasteiger partial charge in [0.1, 0.15) is 5.75 Å². The highest BCUT2D eigenvalue weighted by Gasteiger charge is 2.15. The highest BCUT2D eigenvalue weighted by molar-refractivity contribution is 7.15. The summed E-state index contributed by atoms with van der Waals surface area (Å²) in [6.07, 6.45) is 0.851. The lowest BCUT2D eigenvalue weighted by Gasteiger charge is -2.08. The summed E-state index contributed by atoms with van der Waals surface area (Å²) in [5, 5.41) is 3.40. The van der Waals surface area contributed by atoms with Gasteiger partial charge in [-0.1, -0.05) is 6.92 Å². The number of anilines is 2. The minimum absolute atomic E-state index is 0.252. The Hall–Kier alpha value is -2.08. The molecule has 0 aliphatic carbocycles. The monoisotopic (exact) mass is 291 g/mol. The third kappa shape index (κ3) is 2.91. The minimum Gasteiger partial charge on any atom is -0.496 e. The Labute approximate surface area is 121 Å². The topological polar surface area (TPSA) is 77.2 Å². The van der Waals surface area contributed by atoms with Crippen molar-refractivity contribution < 1.29 is 9.53 Å². The molecule has 6 heteroatoms. The quantitative estimate of drug-likeness (QED) is 0.849. The lowest BCUT2D eigenvalue weighted by Crippen LogP contribution is -2.13. The van der Waals surface area contributed by atoms with Crippen LogP contribution in [0.4, 0.5) is 10.8 Å². The van der Waals surface area contributed by atoms with E-state index in [0.29, 0.717) is 22.1 Å². The van der Waals surface area contributed by atoms with E-state index in [9.17, 15) is 4.79 Å². The standard InChI is InChI=1S/C14H17N3O2S/c1-4-11-8(2)20-14(16-11)17-13(18)10-6-5-9(15)7-12(10)19-3/h5-7H,4,15H2,1-3H3,(H,16,17,18). The van der Waals surface area contributed by atoms with E-state index in [1.54, 1.807) is 18.2 Å². The molecule has 2 rings (SSSR count). The Bertz CT molecular complexity index is 637. The van der Waals surface area contributed by atoms with Crippen molar-refractivity contribution in [2.24, 2.45) is 0 Å². The van der Waals surface area contributed by atoms with Gasteiger partial charge in [-0.15, -0.1) is 11.3 Å². The zero-order chi connectivity index (χ0) is 14.7. The van der Waals surface area contributed by atoms with Crippen molar-refractivity contribution in [3.8, 4) is 5.75 Å². The number of nitrogen functional groups attached to an aromatic ring is 1. The lowest BCUT2D eigenvalue weighted by molar-refractivity contribution is 0.102. The fourth-order valence-corrected chi connectivity index (χ4v) is 2.77. The number of thiazole rings is 1. The number of aromatic nitrogens is 1. The van der Waals surface area contributed by atoms with Crippen molar-refractivity contribution >= 4 is 28.1 Å². The molecule has 0 radical (unpaired) electrons. The molecular formula is C14H17N3O2S. The van der Waals surface area contributed by atoms with E-state index in [1.807, 2.05) is 13.8 Å². The number of hydrogen-bond acceptors (Lipinski definition) is 5. The molecule has 0 spiro atoms. The number of benzene rings is 1. The minimum atomic E-state index is -0.252. The first-order chi connectivity index (χ1) is 9.55. The molecule has 3 N–H and O–H groups in total. The third-order valence-electron chi connectivity index (χ3n) is 2.92. The Morgan fingerprint density at radius 2 is 2.25 bits per heavy atom. The van der Waals surface area contributed by atoms with Crippen molar-refractivity contribution in [1.29, 1.82) is 0 Å². The number of nitrogens with zero attached hydrogens (tertiary/aromatic N) is 1. The molecule has 1 amide bonds. The van der Waals surface area contributed by atoms with Gasteiger partial charge < -0.3 is 10.5 Å². The van der Waals surface area contributed by atoms with Crippen LogP contribution in [0.2, 0.25) is 0 Å². The number of nitrogens with two attached hydrogens (primary N) is 1. The normalized spacial score (nSPS) is 10.3. The summed E-state index contributed by atoms with van der Waals surface area (Å²) in [5.74, 6) is 0.199. The van der Waals surface area contributed by atoms with Gasteiger partial charge in [0.05, 0.1) is 18.4 Å². The van der Waals surface area contributed by atoms with Gasteiger partial charge in [-0.2, -0.15) is 0 Å². The van der Waals surface area contributed by atoms with Crippen LogP contribution in [-0.4, -0.2) is 18.0 Å². The molecule has 0 atom stereocenters. The summed E-state index contributed by atoms with van der Waals surface area (Å²) in [6.45, 7) is 4.03. The van der Waals surface area contributed by atoms with E-state index < -0.39 is 0 Å². The van der Waals surface area contributed by atoms with Gasteiger partial charge in [0.25, 0.3) is 5.91 Å². The van der Waals surface area contributed by atoms with Crippen LogP contribution in [0.25, 0.3) is 0 Å². The van der Waals surface area contributed by atoms with Crippen LogP contribution in [0.15, 0.2) is 18.2 Å². The molecule has 20 heavy (non-hydrogen) atoms. The van der Waals surface area contributed by atoms with Crippen LogP contribution in [0.1, 0.15) is 27.9 Å². The Morgan fingerprint density at radius 3 is 2.85 bits per heavy atom. The molecule has 0 aliphatic heterocycles. The maximum absolute atomic E-state index is 12.2. The van der Waals surface area contributed by atoms with Gasteiger partial charge in [0.2, 0.25) is 0 Å². The average Bonchev–Trinajstić information content (AvgIpc) is 2.78. The molecule has 1 aromatic carbocycles. The second-order valence-corrected chi connectivity index (χ2v) is 5.49. The Kier molecular flexibility index (Phi) is 4.24. The lowest BCUT2D eigenvalue weighted by atomic mass is 10.1. The molecule has 1 heterocycles. The van der Waals surface area contributed by atoms with Crippen molar-refractivity contribution in [1.82, 2.24) is 4.98 Å². The van der Waals surface area contributed by atoms with Gasteiger partial charge in [-0.05, 0) is 25.5 Å². The summed E-state index contributed by atoms with van der Waals surface area (Å²) < 4.78 is 5.18. The number of nitrogens with one attached hydrogen (secondary N) is 1. The highest BCUT2D eigenvalue weighted by Crippen LogP contribution is 2.25. The fourth-order valence-electron chi connectivity index (χ4n) is 1.87. The number of methoxy groups -OCH3 is 1. The Balaban J connectivity index is 2.23.